The van der Waals surface area contributed by atoms with E-state index in [4.69, 9.17) is 0 Å². The van der Waals surface area contributed by atoms with Crippen LogP contribution in [0.5, 0.6) is 0 Å². The van der Waals surface area contributed by atoms with Crippen molar-refractivity contribution in [2.75, 3.05) is 6.61 Å². The molecular weight excluding hydrogens is 459 g/mol. The zero-order valence-electron chi connectivity index (χ0n) is 22.6. The maximum atomic E-state index is 10.8. The number of unbranched alkanes of at least 4 members (excludes halogenated alkanes) is 19. The number of rotatable bonds is 26. The average Bonchev–Trinajstić information content (AvgIpc) is 2.75. The number of hydrogen-bond acceptors (Lipinski definition) is 4. The molecule has 0 aliphatic carbocycles. The molecule has 0 aromatic carbocycles. The minimum atomic E-state index is -4.57. The molecule has 0 heterocycles. The fourth-order valence-electron chi connectivity index (χ4n) is 4.51. The Labute approximate surface area is 250 Å². The predicted molar refractivity (Wildman–Crippen MR) is 137 cm³/mol. The third-order valence-corrected chi connectivity index (χ3v) is 7.05. The maximum absolute atomic E-state index is 10.8. The summed E-state index contributed by atoms with van der Waals surface area (Å²) in [5, 5.41) is 0. The monoisotopic (exact) mass is 514 g/mol. The summed E-state index contributed by atoms with van der Waals surface area (Å²) in [6.07, 6.45) is 29.6. The minimum absolute atomic E-state index is 0. The standard InChI is InChI=1S/C27H56O4S.K/c1-3-5-7-9-10-11-12-13-14-15-16-17-18-19-21-23-25-27(26-31-32(28,29)30)24-22-20-8-6-4-2;/h27H,3-26H2,1-2H3,(H,28,29,30);/q;+1/p-1. The van der Waals surface area contributed by atoms with Crippen LogP contribution in [-0.4, -0.2) is 19.6 Å². The first-order chi connectivity index (χ1) is 15.5. The van der Waals surface area contributed by atoms with E-state index in [0.717, 1.165) is 25.7 Å². The van der Waals surface area contributed by atoms with E-state index in [-0.39, 0.29) is 63.9 Å². The van der Waals surface area contributed by atoms with Crippen molar-refractivity contribution in [3.63, 3.8) is 0 Å². The third kappa shape index (κ3) is 31.5. The molecule has 0 spiro atoms. The van der Waals surface area contributed by atoms with Gasteiger partial charge in [0.15, 0.2) is 0 Å². The van der Waals surface area contributed by atoms with E-state index in [1.165, 1.54) is 122 Å². The van der Waals surface area contributed by atoms with E-state index in [1.54, 1.807) is 0 Å². The molecule has 0 rings (SSSR count). The number of hydrogen-bond donors (Lipinski definition) is 0. The molecule has 0 fully saturated rings. The minimum Gasteiger partial charge on any atom is -0.726 e. The quantitative estimate of drug-likeness (QED) is 0.0606. The Bertz CT molecular complexity index is 471. The van der Waals surface area contributed by atoms with Crippen molar-refractivity contribution in [3.8, 4) is 0 Å². The normalized spacial score (nSPS) is 12.6. The van der Waals surface area contributed by atoms with Crippen molar-refractivity contribution < 1.29 is 68.5 Å². The third-order valence-electron chi connectivity index (χ3n) is 6.63. The van der Waals surface area contributed by atoms with Crippen LogP contribution in [0.1, 0.15) is 162 Å². The Morgan fingerprint density at radius 1 is 0.545 bits per heavy atom. The van der Waals surface area contributed by atoms with Crippen molar-refractivity contribution in [1.82, 2.24) is 0 Å². The van der Waals surface area contributed by atoms with Crippen LogP contribution in [-0.2, 0) is 14.6 Å². The van der Waals surface area contributed by atoms with Crippen LogP contribution in [0.3, 0.4) is 0 Å². The van der Waals surface area contributed by atoms with Gasteiger partial charge < -0.3 is 4.55 Å². The van der Waals surface area contributed by atoms with Crippen LogP contribution in [0.25, 0.3) is 0 Å². The largest absolute Gasteiger partial charge is 1.00 e. The molecule has 0 aliphatic heterocycles. The van der Waals surface area contributed by atoms with Gasteiger partial charge in [0.2, 0.25) is 10.4 Å². The molecule has 0 N–H and O–H groups in total. The molecule has 0 saturated carbocycles. The van der Waals surface area contributed by atoms with Gasteiger partial charge in [-0.3, -0.25) is 4.18 Å². The van der Waals surface area contributed by atoms with Gasteiger partial charge in [0, 0.05) is 0 Å². The van der Waals surface area contributed by atoms with Gasteiger partial charge in [0.25, 0.3) is 0 Å². The first-order valence-corrected chi connectivity index (χ1v) is 15.4. The van der Waals surface area contributed by atoms with E-state index in [2.05, 4.69) is 18.0 Å². The molecule has 0 saturated heterocycles. The molecule has 0 bridgehead atoms. The fraction of sp³-hybridized carbons (Fsp3) is 1.00. The van der Waals surface area contributed by atoms with Gasteiger partial charge in [-0.15, -0.1) is 0 Å². The topological polar surface area (TPSA) is 66.4 Å². The van der Waals surface area contributed by atoms with E-state index in [1.807, 2.05) is 0 Å². The second-order valence-electron chi connectivity index (χ2n) is 9.85. The summed E-state index contributed by atoms with van der Waals surface area (Å²) in [5.74, 6) is 0.201. The molecule has 6 heteroatoms. The van der Waals surface area contributed by atoms with Gasteiger partial charge in [-0.2, -0.15) is 0 Å². The Kier molecular flexibility index (Phi) is 31.2. The van der Waals surface area contributed by atoms with Crippen LogP contribution < -0.4 is 51.4 Å². The predicted octanol–water partition coefficient (Wildman–Crippen LogP) is 6.10. The molecule has 0 radical (unpaired) electrons. The van der Waals surface area contributed by atoms with E-state index in [0.29, 0.717) is 0 Å². The molecule has 194 valence electrons. The first-order valence-electron chi connectivity index (χ1n) is 14.1. The summed E-state index contributed by atoms with van der Waals surface area (Å²) in [7, 11) is -4.57. The average molecular weight is 515 g/mol. The smallest absolute Gasteiger partial charge is 0.726 e. The van der Waals surface area contributed by atoms with Gasteiger partial charge in [0.05, 0.1) is 6.61 Å². The van der Waals surface area contributed by atoms with Crippen LogP contribution in [0.2, 0.25) is 0 Å². The van der Waals surface area contributed by atoms with Crippen molar-refractivity contribution in [2.24, 2.45) is 5.92 Å². The molecule has 0 aliphatic rings. The van der Waals surface area contributed by atoms with E-state index < -0.39 is 10.4 Å². The van der Waals surface area contributed by atoms with Gasteiger partial charge in [-0.05, 0) is 18.8 Å². The van der Waals surface area contributed by atoms with Crippen molar-refractivity contribution in [1.29, 1.82) is 0 Å². The van der Waals surface area contributed by atoms with Crippen LogP contribution in [0, 0.1) is 5.92 Å². The Morgan fingerprint density at radius 3 is 1.09 bits per heavy atom. The van der Waals surface area contributed by atoms with Gasteiger partial charge in [-0.25, -0.2) is 8.42 Å². The summed E-state index contributed by atoms with van der Waals surface area (Å²) in [6.45, 7) is 4.54. The SMILES string of the molecule is CCCCCCCCCCCCCCCCCCC(CCCCCCC)COS(=O)(=O)[O-].[K+]. The van der Waals surface area contributed by atoms with Crippen molar-refractivity contribution >= 4 is 10.4 Å². The van der Waals surface area contributed by atoms with Crippen LogP contribution in [0.15, 0.2) is 0 Å². The van der Waals surface area contributed by atoms with E-state index in [9.17, 15) is 13.0 Å². The molecule has 0 aromatic heterocycles. The zero-order chi connectivity index (χ0) is 23.8. The second-order valence-corrected chi connectivity index (χ2v) is 10.9. The summed E-state index contributed by atoms with van der Waals surface area (Å²) < 4.78 is 37.0. The Morgan fingerprint density at radius 2 is 0.818 bits per heavy atom. The molecule has 33 heavy (non-hydrogen) atoms. The van der Waals surface area contributed by atoms with Crippen molar-refractivity contribution in [2.45, 2.75) is 162 Å². The zero-order valence-corrected chi connectivity index (χ0v) is 26.5. The fourth-order valence-corrected chi connectivity index (χ4v) is 4.87. The first kappa shape index (κ1) is 36.7. The Balaban J connectivity index is 0. The summed E-state index contributed by atoms with van der Waals surface area (Å²) in [4.78, 5) is 0. The Hall–Kier alpha value is 1.51. The van der Waals surface area contributed by atoms with Gasteiger partial charge >= 0.3 is 51.4 Å². The second kappa shape index (κ2) is 28.1. The molecular formula is C27H55KO4S. The van der Waals surface area contributed by atoms with Gasteiger partial charge in [-0.1, -0.05) is 149 Å². The van der Waals surface area contributed by atoms with E-state index >= 15 is 0 Å². The van der Waals surface area contributed by atoms with Crippen molar-refractivity contribution in [3.05, 3.63) is 0 Å². The summed E-state index contributed by atoms with van der Waals surface area (Å²) in [6, 6.07) is 0. The maximum Gasteiger partial charge on any atom is 1.00 e. The van der Waals surface area contributed by atoms with Crippen LogP contribution in [0.4, 0.5) is 0 Å². The molecule has 1 unspecified atom stereocenters. The molecule has 0 amide bonds. The van der Waals surface area contributed by atoms with Gasteiger partial charge in [0.1, 0.15) is 0 Å². The summed E-state index contributed by atoms with van der Waals surface area (Å²) >= 11 is 0. The molecule has 1 atom stereocenters. The molecule has 0 aromatic rings. The summed E-state index contributed by atoms with van der Waals surface area (Å²) in [5.41, 5.74) is 0. The molecule has 4 nitrogen and oxygen atoms in total. The van der Waals surface area contributed by atoms with Crippen LogP contribution >= 0.6 is 0 Å².